The Morgan fingerprint density at radius 3 is 3.07 bits per heavy atom. The molecule has 1 aromatic rings. The summed E-state index contributed by atoms with van der Waals surface area (Å²) in [5.41, 5.74) is 0. The van der Waals surface area contributed by atoms with Crippen molar-refractivity contribution in [2.75, 3.05) is 19.0 Å². The van der Waals surface area contributed by atoms with Gasteiger partial charge in [-0.25, -0.2) is 4.79 Å². The average molecular weight is 234 g/mol. The van der Waals surface area contributed by atoms with Crippen LogP contribution in [0.1, 0.15) is 24.0 Å². The van der Waals surface area contributed by atoms with E-state index in [4.69, 9.17) is 4.42 Å². The molecule has 15 heavy (non-hydrogen) atoms. The van der Waals surface area contributed by atoms with Gasteiger partial charge < -0.3 is 9.15 Å². The molecule has 0 bridgehead atoms. The summed E-state index contributed by atoms with van der Waals surface area (Å²) in [6.07, 6.45) is 0.418. The Bertz CT molecular complexity index is 319. The lowest BCUT2D eigenvalue weighted by Gasteiger charge is -1.94. The van der Waals surface area contributed by atoms with E-state index in [0.717, 1.165) is 0 Å². The summed E-state index contributed by atoms with van der Waals surface area (Å²) in [5.74, 6) is -0.261. The van der Waals surface area contributed by atoms with Gasteiger partial charge in [0.05, 0.1) is 13.3 Å². The van der Waals surface area contributed by atoms with E-state index in [2.05, 4.69) is 14.9 Å². The number of aromatic nitrogens is 2. The van der Waals surface area contributed by atoms with Gasteiger partial charge in [-0.3, -0.25) is 4.39 Å². The van der Waals surface area contributed by atoms with E-state index < -0.39 is 5.97 Å². The third-order valence-electron chi connectivity index (χ3n) is 1.36. The third kappa shape index (κ3) is 3.86. The predicted octanol–water partition coefficient (Wildman–Crippen LogP) is 1.70. The number of halogens is 1. The summed E-state index contributed by atoms with van der Waals surface area (Å²) in [4.78, 5) is 11.1. The molecular formula is C8H11FN2O3S. The molecule has 1 rings (SSSR count). The van der Waals surface area contributed by atoms with Gasteiger partial charge in [-0.15, -0.1) is 5.10 Å². The molecule has 0 saturated carbocycles. The molecule has 7 heteroatoms. The molecule has 0 aliphatic heterocycles. The largest absolute Gasteiger partial charge is 0.459 e. The van der Waals surface area contributed by atoms with E-state index in [1.54, 1.807) is 6.92 Å². The Balaban J connectivity index is 2.45. The summed E-state index contributed by atoms with van der Waals surface area (Å²) in [5, 5.41) is 7.38. The number of rotatable bonds is 6. The Kier molecular flexibility index (Phi) is 5.09. The van der Waals surface area contributed by atoms with Gasteiger partial charge in [0.1, 0.15) is 0 Å². The number of esters is 1. The number of alkyl halides is 1. The van der Waals surface area contributed by atoms with Crippen LogP contribution < -0.4 is 0 Å². The summed E-state index contributed by atoms with van der Waals surface area (Å²) < 4.78 is 21.4. The summed E-state index contributed by atoms with van der Waals surface area (Å²) in [7, 11) is 0. The lowest BCUT2D eigenvalue weighted by atomic mass is 10.6. The smallest absolute Gasteiger partial charge is 0.396 e. The zero-order valence-corrected chi connectivity index (χ0v) is 9.05. The highest BCUT2D eigenvalue weighted by molar-refractivity contribution is 7.99. The number of ether oxygens (including phenoxy) is 1. The van der Waals surface area contributed by atoms with E-state index in [1.165, 1.54) is 11.8 Å². The molecule has 0 amide bonds. The molecule has 0 spiro atoms. The number of thioether (sulfide) groups is 1. The van der Waals surface area contributed by atoms with Crippen molar-refractivity contribution in [1.29, 1.82) is 0 Å². The lowest BCUT2D eigenvalue weighted by Crippen LogP contribution is -2.04. The third-order valence-corrected chi connectivity index (χ3v) is 2.26. The first-order valence-electron chi connectivity index (χ1n) is 4.47. The monoisotopic (exact) mass is 234 g/mol. The Morgan fingerprint density at radius 2 is 2.40 bits per heavy atom. The van der Waals surface area contributed by atoms with Crippen LogP contribution in [0.5, 0.6) is 0 Å². The summed E-state index contributed by atoms with van der Waals surface area (Å²) >= 11 is 1.21. The van der Waals surface area contributed by atoms with Crippen LogP contribution in [0.25, 0.3) is 0 Å². The second-order valence-corrected chi connectivity index (χ2v) is 3.53. The van der Waals surface area contributed by atoms with E-state index in [-0.39, 0.29) is 24.4 Å². The molecule has 0 radical (unpaired) electrons. The number of carbonyl (C=O) groups excluding carboxylic acids is 1. The zero-order valence-electron chi connectivity index (χ0n) is 8.23. The van der Waals surface area contributed by atoms with E-state index in [0.29, 0.717) is 12.2 Å². The van der Waals surface area contributed by atoms with Gasteiger partial charge in [-0.1, -0.05) is 16.9 Å². The molecule has 5 nitrogen and oxygen atoms in total. The Morgan fingerprint density at radius 1 is 1.60 bits per heavy atom. The van der Waals surface area contributed by atoms with E-state index in [9.17, 15) is 9.18 Å². The highest BCUT2D eigenvalue weighted by Gasteiger charge is 2.15. The van der Waals surface area contributed by atoms with Crippen LogP contribution in [0.15, 0.2) is 9.64 Å². The number of carbonyl (C=O) groups is 1. The molecule has 0 aliphatic carbocycles. The average Bonchev–Trinajstić information content (AvgIpc) is 2.67. The minimum absolute atomic E-state index is 0.167. The topological polar surface area (TPSA) is 65.2 Å². The van der Waals surface area contributed by atoms with Gasteiger partial charge in [0, 0.05) is 5.75 Å². The lowest BCUT2D eigenvalue weighted by molar-refractivity contribution is 0.0475. The van der Waals surface area contributed by atoms with Gasteiger partial charge in [0.2, 0.25) is 0 Å². The van der Waals surface area contributed by atoms with Crippen molar-refractivity contribution in [2.45, 2.75) is 18.6 Å². The van der Waals surface area contributed by atoms with E-state index >= 15 is 0 Å². The first kappa shape index (κ1) is 12.0. The summed E-state index contributed by atoms with van der Waals surface area (Å²) in [6, 6.07) is 0. The second kappa shape index (κ2) is 6.39. The van der Waals surface area contributed by atoms with Crippen LogP contribution >= 0.6 is 11.8 Å². The highest BCUT2D eigenvalue weighted by atomic mass is 32.2. The maximum absolute atomic E-state index is 11.8. The normalized spacial score (nSPS) is 10.3. The van der Waals surface area contributed by atoms with Crippen LogP contribution in [-0.2, 0) is 4.74 Å². The minimum atomic E-state index is -0.637. The molecule has 0 unspecified atom stereocenters. The van der Waals surface area contributed by atoms with Crippen molar-refractivity contribution in [3.05, 3.63) is 5.89 Å². The van der Waals surface area contributed by atoms with Crippen LogP contribution in [-0.4, -0.2) is 35.2 Å². The molecule has 1 aromatic heterocycles. The van der Waals surface area contributed by atoms with Crippen molar-refractivity contribution in [3.8, 4) is 0 Å². The molecule has 0 aromatic carbocycles. The van der Waals surface area contributed by atoms with Crippen molar-refractivity contribution in [2.24, 2.45) is 0 Å². The van der Waals surface area contributed by atoms with Gasteiger partial charge in [-0.05, 0) is 13.3 Å². The quantitative estimate of drug-likeness (QED) is 0.424. The molecule has 0 atom stereocenters. The fourth-order valence-electron chi connectivity index (χ4n) is 0.757. The molecule has 0 N–H and O–H groups in total. The molecule has 1 heterocycles. The Labute approximate surface area is 90.4 Å². The number of nitrogens with zero attached hydrogens (tertiary/aromatic N) is 2. The Hall–Kier alpha value is -1.11. The first-order valence-corrected chi connectivity index (χ1v) is 5.46. The standard InChI is InChI=1S/C8H11FN2O3S/c1-2-13-7(12)6-10-11-8(14-6)15-5-3-4-9/h2-5H2,1H3. The fourth-order valence-corrected chi connectivity index (χ4v) is 1.42. The van der Waals surface area contributed by atoms with Crippen molar-refractivity contribution in [1.82, 2.24) is 10.2 Å². The molecule has 0 aliphatic rings. The SMILES string of the molecule is CCOC(=O)c1nnc(SCCCF)o1. The number of hydrogen-bond acceptors (Lipinski definition) is 6. The first-order chi connectivity index (χ1) is 7.27. The van der Waals surface area contributed by atoms with Crippen LogP contribution in [0.3, 0.4) is 0 Å². The minimum Gasteiger partial charge on any atom is -0.459 e. The second-order valence-electron chi connectivity index (χ2n) is 2.48. The van der Waals surface area contributed by atoms with Gasteiger partial charge >= 0.3 is 11.9 Å². The fraction of sp³-hybridized carbons (Fsp3) is 0.625. The van der Waals surface area contributed by atoms with Crippen LogP contribution in [0.4, 0.5) is 4.39 Å². The molecule has 84 valence electrons. The maximum atomic E-state index is 11.8. The predicted molar refractivity (Wildman–Crippen MR) is 51.6 cm³/mol. The van der Waals surface area contributed by atoms with E-state index in [1.807, 2.05) is 0 Å². The van der Waals surface area contributed by atoms with Crippen LogP contribution in [0, 0.1) is 0 Å². The summed E-state index contributed by atoms with van der Waals surface area (Å²) in [6.45, 7) is 1.56. The molecular weight excluding hydrogens is 223 g/mol. The highest BCUT2D eigenvalue weighted by Crippen LogP contribution is 2.17. The van der Waals surface area contributed by atoms with Gasteiger partial charge in [0.15, 0.2) is 0 Å². The van der Waals surface area contributed by atoms with Gasteiger partial charge in [0.25, 0.3) is 5.22 Å². The van der Waals surface area contributed by atoms with Crippen molar-refractivity contribution < 1.29 is 18.3 Å². The van der Waals surface area contributed by atoms with Crippen molar-refractivity contribution >= 4 is 17.7 Å². The van der Waals surface area contributed by atoms with Crippen LogP contribution in [0.2, 0.25) is 0 Å². The molecule has 0 fully saturated rings. The van der Waals surface area contributed by atoms with Crippen molar-refractivity contribution in [3.63, 3.8) is 0 Å². The maximum Gasteiger partial charge on any atom is 0.396 e. The zero-order chi connectivity index (χ0) is 11.1. The number of hydrogen-bond donors (Lipinski definition) is 0. The molecule has 0 saturated heterocycles. The van der Waals surface area contributed by atoms with Gasteiger partial charge in [-0.2, -0.15) is 0 Å².